The van der Waals surface area contributed by atoms with Crippen molar-refractivity contribution < 1.29 is 9.21 Å². The Hall–Kier alpha value is -1.08. The summed E-state index contributed by atoms with van der Waals surface area (Å²) in [6.45, 7) is 4.19. The van der Waals surface area contributed by atoms with Gasteiger partial charge in [0.15, 0.2) is 0 Å². The van der Waals surface area contributed by atoms with Crippen molar-refractivity contribution in [1.29, 1.82) is 0 Å². The van der Waals surface area contributed by atoms with Gasteiger partial charge >= 0.3 is 0 Å². The highest BCUT2D eigenvalue weighted by Crippen LogP contribution is 2.23. The molecule has 0 saturated carbocycles. The minimum Gasteiger partial charge on any atom is -0.472 e. The number of hydrogen-bond donors (Lipinski definition) is 2. The van der Waals surface area contributed by atoms with Gasteiger partial charge in [-0.3, -0.25) is 4.79 Å². The fourth-order valence-electron chi connectivity index (χ4n) is 1.46. The highest BCUT2D eigenvalue weighted by molar-refractivity contribution is 7.13. The molecule has 0 radical (unpaired) electrons. The van der Waals surface area contributed by atoms with Gasteiger partial charge in [-0.05, 0) is 19.9 Å². The number of aromatic nitrogens is 1. The van der Waals surface area contributed by atoms with E-state index >= 15 is 0 Å². The molecular weight excluding hydrogens is 333 g/mol. The van der Waals surface area contributed by atoms with Gasteiger partial charge in [0, 0.05) is 23.0 Å². The summed E-state index contributed by atoms with van der Waals surface area (Å²) in [4.78, 5) is 16.1. The van der Waals surface area contributed by atoms with Gasteiger partial charge in [0.25, 0.3) is 0 Å². The maximum atomic E-state index is 11.7. The zero-order valence-electron chi connectivity index (χ0n) is 11.8. The van der Waals surface area contributed by atoms with E-state index in [4.69, 9.17) is 10.2 Å². The van der Waals surface area contributed by atoms with Crippen molar-refractivity contribution in [3.8, 4) is 10.6 Å². The molecule has 2 rings (SSSR count). The number of carbonyl (C=O) groups excluding carboxylic acids is 1. The molecule has 0 aromatic carbocycles. The SMILES string of the molecule is CC(C)(N)CNC(=O)Cc1csc(-c2ccoc2)n1.Cl.Cl. The van der Waals surface area contributed by atoms with Gasteiger partial charge in [0.1, 0.15) is 11.3 Å². The van der Waals surface area contributed by atoms with Crippen molar-refractivity contribution >= 4 is 42.1 Å². The third-order valence-corrected chi connectivity index (χ3v) is 3.34. The first kappa shape index (κ1) is 19.9. The van der Waals surface area contributed by atoms with E-state index in [2.05, 4.69) is 10.3 Å². The number of amides is 1. The standard InChI is InChI=1S/C13H17N3O2S.2ClH/c1-13(2,14)8-15-11(17)5-10-7-19-12(16-10)9-3-4-18-6-9;;/h3-4,6-7H,5,8,14H2,1-2H3,(H,15,17);2*1H. The van der Waals surface area contributed by atoms with Gasteiger partial charge in [0.05, 0.1) is 18.4 Å². The van der Waals surface area contributed by atoms with Crippen LogP contribution < -0.4 is 11.1 Å². The maximum Gasteiger partial charge on any atom is 0.226 e. The lowest BCUT2D eigenvalue weighted by Gasteiger charge is -2.18. The lowest BCUT2D eigenvalue weighted by Crippen LogP contribution is -2.45. The monoisotopic (exact) mass is 351 g/mol. The number of nitrogens with one attached hydrogen (secondary N) is 1. The van der Waals surface area contributed by atoms with Crippen LogP contribution in [0.1, 0.15) is 19.5 Å². The zero-order chi connectivity index (χ0) is 13.9. The average Bonchev–Trinajstić information content (AvgIpc) is 2.94. The molecule has 0 aliphatic carbocycles. The molecule has 5 nitrogen and oxygen atoms in total. The predicted molar refractivity (Wildman–Crippen MR) is 89.3 cm³/mol. The second-order valence-corrected chi connectivity index (χ2v) is 5.96. The van der Waals surface area contributed by atoms with E-state index in [1.807, 2.05) is 25.3 Å². The van der Waals surface area contributed by atoms with Crippen molar-refractivity contribution in [3.63, 3.8) is 0 Å². The van der Waals surface area contributed by atoms with Gasteiger partial charge in [-0.25, -0.2) is 4.98 Å². The van der Waals surface area contributed by atoms with Crippen LogP contribution in [0.5, 0.6) is 0 Å². The van der Waals surface area contributed by atoms with E-state index in [0.717, 1.165) is 16.3 Å². The molecule has 0 spiro atoms. The van der Waals surface area contributed by atoms with Crippen molar-refractivity contribution in [3.05, 3.63) is 29.7 Å². The molecule has 2 aromatic heterocycles. The molecule has 21 heavy (non-hydrogen) atoms. The van der Waals surface area contributed by atoms with Gasteiger partial charge in [-0.2, -0.15) is 0 Å². The fourth-order valence-corrected chi connectivity index (χ4v) is 2.27. The number of nitrogens with zero attached hydrogens (tertiary/aromatic N) is 1. The van der Waals surface area contributed by atoms with Crippen LogP contribution in [0.3, 0.4) is 0 Å². The van der Waals surface area contributed by atoms with Crippen LogP contribution in [0.15, 0.2) is 28.4 Å². The first-order chi connectivity index (χ1) is 8.94. The number of thiazole rings is 1. The lowest BCUT2D eigenvalue weighted by molar-refractivity contribution is -0.120. The minimum atomic E-state index is -0.403. The molecule has 3 N–H and O–H groups in total. The summed E-state index contributed by atoms with van der Waals surface area (Å²) in [5, 5.41) is 5.54. The second kappa shape index (κ2) is 8.38. The molecule has 0 bridgehead atoms. The van der Waals surface area contributed by atoms with Crippen LogP contribution in [-0.4, -0.2) is 23.0 Å². The molecule has 118 valence electrons. The first-order valence-corrected chi connectivity index (χ1v) is 6.84. The van der Waals surface area contributed by atoms with E-state index in [1.165, 1.54) is 11.3 Å². The van der Waals surface area contributed by atoms with Crippen LogP contribution in [0, 0.1) is 0 Å². The molecular formula is C13H19Cl2N3O2S. The third-order valence-electron chi connectivity index (χ3n) is 2.40. The molecule has 2 heterocycles. The van der Waals surface area contributed by atoms with Crippen molar-refractivity contribution in [2.24, 2.45) is 5.73 Å². The Morgan fingerprint density at radius 2 is 2.19 bits per heavy atom. The Labute approximate surface area is 140 Å². The van der Waals surface area contributed by atoms with E-state index in [9.17, 15) is 4.79 Å². The molecule has 1 amide bonds. The molecule has 0 unspecified atom stereocenters. The number of hydrogen-bond acceptors (Lipinski definition) is 5. The Bertz CT molecular complexity index is 550. The Morgan fingerprint density at radius 3 is 2.76 bits per heavy atom. The van der Waals surface area contributed by atoms with Gasteiger partial charge in [-0.1, -0.05) is 0 Å². The highest BCUT2D eigenvalue weighted by atomic mass is 35.5. The largest absolute Gasteiger partial charge is 0.472 e. The second-order valence-electron chi connectivity index (χ2n) is 5.10. The maximum absolute atomic E-state index is 11.7. The van der Waals surface area contributed by atoms with Crippen LogP contribution in [0.25, 0.3) is 10.6 Å². The predicted octanol–water partition coefficient (Wildman–Crippen LogP) is 2.64. The van der Waals surface area contributed by atoms with E-state index in [1.54, 1.807) is 12.5 Å². The molecule has 8 heteroatoms. The van der Waals surface area contributed by atoms with E-state index < -0.39 is 5.54 Å². The van der Waals surface area contributed by atoms with Crippen molar-refractivity contribution in [1.82, 2.24) is 10.3 Å². The summed E-state index contributed by atoms with van der Waals surface area (Å²) >= 11 is 1.50. The lowest BCUT2D eigenvalue weighted by atomic mass is 10.1. The third kappa shape index (κ3) is 6.48. The van der Waals surface area contributed by atoms with Crippen molar-refractivity contribution in [2.75, 3.05) is 6.54 Å². The van der Waals surface area contributed by atoms with Crippen LogP contribution in [0.4, 0.5) is 0 Å². The summed E-state index contributed by atoms with van der Waals surface area (Å²) in [6.07, 6.45) is 3.51. The normalized spacial score (nSPS) is 10.4. The minimum absolute atomic E-state index is 0. The molecule has 0 aliphatic rings. The van der Waals surface area contributed by atoms with Crippen molar-refractivity contribution in [2.45, 2.75) is 25.8 Å². The van der Waals surface area contributed by atoms with Crippen LogP contribution in [-0.2, 0) is 11.2 Å². The summed E-state index contributed by atoms with van der Waals surface area (Å²) in [5.74, 6) is -0.0671. The average molecular weight is 352 g/mol. The van der Waals surface area contributed by atoms with E-state index in [-0.39, 0.29) is 37.1 Å². The van der Waals surface area contributed by atoms with Crippen LogP contribution in [0.2, 0.25) is 0 Å². The fraction of sp³-hybridized carbons (Fsp3) is 0.385. The zero-order valence-corrected chi connectivity index (χ0v) is 14.2. The smallest absolute Gasteiger partial charge is 0.226 e. The number of rotatable bonds is 5. The number of halogens is 2. The molecule has 0 saturated heterocycles. The molecule has 0 atom stereocenters. The molecule has 0 fully saturated rings. The number of nitrogens with two attached hydrogens (primary N) is 1. The molecule has 2 aromatic rings. The topological polar surface area (TPSA) is 81.1 Å². The number of furan rings is 1. The van der Waals surface area contributed by atoms with Crippen LogP contribution >= 0.6 is 36.2 Å². The van der Waals surface area contributed by atoms with Gasteiger partial charge in [-0.15, -0.1) is 36.2 Å². The summed E-state index contributed by atoms with van der Waals surface area (Å²) in [7, 11) is 0. The Kier molecular flexibility index (Phi) is 7.95. The molecule has 0 aliphatic heterocycles. The Balaban J connectivity index is 0.00000200. The van der Waals surface area contributed by atoms with Gasteiger partial charge in [0.2, 0.25) is 5.91 Å². The number of carbonyl (C=O) groups is 1. The highest BCUT2D eigenvalue weighted by Gasteiger charge is 2.14. The Morgan fingerprint density at radius 1 is 1.48 bits per heavy atom. The van der Waals surface area contributed by atoms with E-state index in [0.29, 0.717) is 6.54 Å². The summed E-state index contributed by atoms with van der Waals surface area (Å²) < 4.78 is 5.01. The first-order valence-electron chi connectivity index (χ1n) is 5.96. The van der Waals surface area contributed by atoms with Gasteiger partial charge < -0.3 is 15.5 Å². The quantitative estimate of drug-likeness (QED) is 0.867. The summed E-state index contributed by atoms with van der Waals surface area (Å²) in [5.41, 5.74) is 7.09. The summed E-state index contributed by atoms with van der Waals surface area (Å²) in [6, 6.07) is 1.85.